The van der Waals surface area contributed by atoms with Gasteiger partial charge in [0.25, 0.3) is 0 Å². The highest BCUT2D eigenvalue weighted by molar-refractivity contribution is 6.13. The Balaban J connectivity index is 1.92. The van der Waals surface area contributed by atoms with Gasteiger partial charge < -0.3 is 9.84 Å². The third kappa shape index (κ3) is 3.03. The minimum Gasteiger partial charge on any atom is -0.478 e. The van der Waals surface area contributed by atoms with Crippen molar-refractivity contribution in [2.75, 3.05) is 0 Å². The van der Waals surface area contributed by atoms with Crippen LogP contribution in [0.1, 0.15) is 27.0 Å². The third-order valence-electron chi connectivity index (χ3n) is 3.46. The van der Waals surface area contributed by atoms with Crippen LogP contribution in [0.3, 0.4) is 0 Å². The molecule has 114 valence electrons. The van der Waals surface area contributed by atoms with Gasteiger partial charge in [0.2, 0.25) is 5.90 Å². The first kappa shape index (κ1) is 14.7. The Labute approximate surface area is 132 Å². The highest BCUT2D eigenvalue weighted by Gasteiger charge is 2.24. The van der Waals surface area contributed by atoms with E-state index in [4.69, 9.17) is 9.84 Å². The minimum absolute atomic E-state index is 0.185. The molecule has 0 saturated heterocycles. The molecule has 1 aliphatic rings. The number of carboxylic acid groups (broad SMARTS) is 1. The smallest absolute Gasteiger partial charge is 0.363 e. The summed E-state index contributed by atoms with van der Waals surface area (Å²) in [6.07, 6.45) is 1.57. The molecule has 3 rings (SSSR count). The van der Waals surface area contributed by atoms with E-state index in [0.29, 0.717) is 5.56 Å². The number of hydrogen-bond donors (Lipinski definition) is 1. The Kier molecular flexibility index (Phi) is 3.76. The number of carbonyl (C=O) groups excluding carboxylic acids is 1. The molecule has 0 atom stereocenters. The van der Waals surface area contributed by atoms with Crippen molar-refractivity contribution in [3.8, 4) is 0 Å². The van der Waals surface area contributed by atoms with Crippen molar-refractivity contribution in [2.24, 2.45) is 4.99 Å². The van der Waals surface area contributed by atoms with Crippen molar-refractivity contribution in [1.82, 2.24) is 0 Å². The number of rotatable bonds is 3. The Morgan fingerprint density at radius 1 is 1.13 bits per heavy atom. The molecule has 0 aromatic heterocycles. The number of hydrogen-bond acceptors (Lipinski definition) is 4. The van der Waals surface area contributed by atoms with Gasteiger partial charge in [0.1, 0.15) is 0 Å². The van der Waals surface area contributed by atoms with Gasteiger partial charge in [-0.1, -0.05) is 30.3 Å². The Morgan fingerprint density at radius 3 is 2.48 bits per heavy atom. The van der Waals surface area contributed by atoms with Crippen molar-refractivity contribution < 1.29 is 19.4 Å². The molecule has 0 amide bonds. The zero-order valence-corrected chi connectivity index (χ0v) is 12.3. The highest BCUT2D eigenvalue weighted by atomic mass is 16.6. The van der Waals surface area contributed by atoms with Gasteiger partial charge in [0, 0.05) is 5.56 Å². The number of carboxylic acids is 1. The number of aromatic carboxylic acids is 1. The van der Waals surface area contributed by atoms with Crippen molar-refractivity contribution in [3.63, 3.8) is 0 Å². The second kappa shape index (κ2) is 5.88. The summed E-state index contributed by atoms with van der Waals surface area (Å²) < 4.78 is 5.22. The molecular formula is C18H13NO4. The zero-order chi connectivity index (χ0) is 16.4. The summed E-state index contributed by atoms with van der Waals surface area (Å²) in [7, 11) is 0. The van der Waals surface area contributed by atoms with Crippen molar-refractivity contribution in [3.05, 3.63) is 76.5 Å². The van der Waals surface area contributed by atoms with Crippen LogP contribution in [0, 0.1) is 6.92 Å². The first-order chi connectivity index (χ1) is 11.0. The second-order valence-corrected chi connectivity index (χ2v) is 5.08. The summed E-state index contributed by atoms with van der Waals surface area (Å²) in [6.45, 7) is 1.91. The van der Waals surface area contributed by atoms with Gasteiger partial charge in [0.15, 0.2) is 5.70 Å². The fraction of sp³-hybridized carbons (Fsp3) is 0.0556. The maximum Gasteiger partial charge on any atom is 0.363 e. The van der Waals surface area contributed by atoms with Crippen LogP contribution in [0.2, 0.25) is 0 Å². The number of carbonyl (C=O) groups is 2. The quantitative estimate of drug-likeness (QED) is 0.698. The van der Waals surface area contributed by atoms with Crippen LogP contribution in [0.25, 0.3) is 6.08 Å². The maximum atomic E-state index is 11.9. The molecule has 0 fully saturated rings. The summed E-state index contributed by atoms with van der Waals surface area (Å²) in [5.41, 5.74) is 2.78. The predicted molar refractivity (Wildman–Crippen MR) is 85.2 cm³/mol. The first-order valence-corrected chi connectivity index (χ1v) is 6.96. The summed E-state index contributed by atoms with van der Waals surface area (Å²) in [5.74, 6) is -1.24. The largest absolute Gasteiger partial charge is 0.478 e. The van der Waals surface area contributed by atoms with Gasteiger partial charge in [-0.15, -0.1) is 0 Å². The van der Waals surface area contributed by atoms with Gasteiger partial charge in [-0.3, -0.25) is 0 Å². The van der Waals surface area contributed by atoms with Crippen molar-refractivity contribution >= 4 is 23.9 Å². The number of benzene rings is 2. The van der Waals surface area contributed by atoms with Gasteiger partial charge in [-0.25, -0.2) is 14.6 Å². The Morgan fingerprint density at radius 2 is 1.83 bits per heavy atom. The number of aliphatic imine (C=N–C) groups is 1. The van der Waals surface area contributed by atoms with E-state index in [9.17, 15) is 9.59 Å². The lowest BCUT2D eigenvalue weighted by Gasteiger charge is -2.02. The number of ether oxygens (including phenoxy) is 1. The molecule has 0 saturated carbocycles. The second-order valence-electron chi connectivity index (χ2n) is 5.08. The normalized spacial score (nSPS) is 15.4. The summed E-state index contributed by atoms with van der Waals surface area (Å²) in [6, 6.07) is 13.7. The standard InChI is InChI=1S/C18H13NO4/c1-11-4-2-3-5-14(11)16-19-15(18(22)23-16)10-12-6-8-13(9-7-12)17(20)21/h2-10H,1H3,(H,20,21). The summed E-state index contributed by atoms with van der Waals surface area (Å²) in [5, 5.41) is 8.88. The molecule has 5 nitrogen and oxygen atoms in total. The Bertz CT molecular complexity index is 848. The monoisotopic (exact) mass is 307 g/mol. The van der Waals surface area contributed by atoms with Crippen molar-refractivity contribution in [2.45, 2.75) is 6.92 Å². The zero-order valence-electron chi connectivity index (χ0n) is 12.3. The topological polar surface area (TPSA) is 76.0 Å². The molecule has 1 aliphatic heterocycles. The number of aryl methyl sites for hydroxylation is 1. The van der Waals surface area contributed by atoms with Crippen LogP contribution in [0.15, 0.2) is 59.2 Å². The first-order valence-electron chi connectivity index (χ1n) is 6.96. The van der Waals surface area contributed by atoms with E-state index >= 15 is 0 Å². The summed E-state index contributed by atoms with van der Waals surface area (Å²) in [4.78, 5) is 27.0. The van der Waals surface area contributed by atoms with E-state index < -0.39 is 11.9 Å². The molecule has 2 aromatic carbocycles. The highest BCUT2D eigenvalue weighted by Crippen LogP contribution is 2.21. The molecule has 2 aromatic rings. The minimum atomic E-state index is -0.996. The molecule has 5 heteroatoms. The fourth-order valence-corrected chi connectivity index (χ4v) is 2.22. The van der Waals surface area contributed by atoms with E-state index in [2.05, 4.69) is 4.99 Å². The lowest BCUT2D eigenvalue weighted by Crippen LogP contribution is -2.06. The molecule has 0 unspecified atom stereocenters. The summed E-state index contributed by atoms with van der Waals surface area (Å²) >= 11 is 0. The predicted octanol–water partition coefficient (Wildman–Crippen LogP) is 3.04. The molecule has 23 heavy (non-hydrogen) atoms. The van der Waals surface area contributed by atoms with E-state index in [-0.39, 0.29) is 17.2 Å². The molecule has 1 heterocycles. The van der Waals surface area contributed by atoms with E-state index in [0.717, 1.165) is 11.1 Å². The van der Waals surface area contributed by atoms with E-state index in [1.807, 2.05) is 31.2 Å². The Hall–Kier alpha value is -3.21. The molecular weight excluding hydrogens is 294 g/mol. The van der Waals surface area contributed by atoms with E-state index in [1.165, 1.54) is 12.1 Å². The molecule has 0 radical (unpaired) electrons. The van der Waals surface area contributed by atoms with Crippen molar-refractivity contribution in [1.29, 1.82) is 0 Å². The van der Waals surface area contributed by atoms with Crippen LogP contribution in [0.4, 0.5) is 0 Å². The number of esters is 1. The SMILES string of the molecule is Cc1ccccc1C1=NC(=Cc2ccc(C(=O)O)cc2)C(=O)O1. The van der Waals surface area contributed by atoms with Crippen LogP contribution < -0.4 is 0 Å². The molecule has 0 aliphatic carbocycles. The van der Waals surface area contributed by atoms with Gasteiger partial charge in [0.05, 0.1) is 5.56 Å². The lowest BCUT2D eigenvalue weighted by molar-refractivity contribution is -0.129. The molecule has 0 spiro atoms. The average molecular weight is 307 g/mol. The number of nitrogens with zero attached hydrogens (tertiary/aromatic N) is 1. The van der Waals surface area contributed by atoms with Gasteiger partial charge >= 0.3 is 11.9 Å². The van der Waals surface area contributed by atoms with Crippen LogP contribution in [0.5, 0.6) is 0 Å². The van der Waals surface area contributed by atoms with Crippen LogP contribution >= 0.6 is 0 Å². The molecule has 1 N–H and O–H groups in total. The number of cyclic esters (lactones) is 1. The van der Waals surface area contributed by atoms with E-state index in [1.54, 1.807) is 18.2 Å². The fourth-order valence-electron chi connectivity index (χ4n) is 2.22. The third-order valence-corrected chi connectivity index (χ3v) is 3.46. The van der Waals surface area contributed by atoms with Gasteiger partial charge in [-0.2, -0.15) is 0 Å². The van der Waals surface area contributed by atoms with Crippen LogP contribution in [-0.2, 0) is 9.53 Å². The lowest BCUT2D eigenvalue weighted by atomic mass is 10.1. The maximum absolute atomic E-state index is 11.9. The van der Waals surface area contributed by atoms with Crippen LogP contribution in [-0.4, -0.2) is 22.9 Å². The van der Waals surface area contributed by atoms with Gasteiger partial charge in [-0.05, 0) is 42.3 Å². The molecule has 0 bridgehead atoms. The average Bonchev–Trinajstić information content (AvgIpc) is 2.89.